The van der Waals surface area contributed by atoms with Crippen LogP contribution in [-0.4, -0.2) is 29.0 Å². The number of hydrogen-bond acceptors (Lipinski definition) is 5. The van der Waals surface area contributed by atoms with Crippen LogP contribution in [0.1, 0.15) is 28.8 Å². The van der Waals surface area contributed by atoms with Crippen molar-refractivity contribution >= 4 is 33.6 Å². The van der Waals surface area contributed by atoms with Gasteiger partial charge in [-0.15, -0.1) is 0 Å². The van der Waals surface area contributed by atoms with Crippen molar-refractivity contribution in [3.05, 3.63) is 80.7 Å². The highest BCUT2D eigenvalue weighted by Crippen LogP contribution is 2.46. The molecule has 5 rings (SSSR count). The summed E-state index contributed by atoms with van der Waals surface area (Å²) in [6.45, 7) is 0.597. The Bertz CT molecular complexity index is 1360. The molecule has 2 heterocycles. The number of fused-ring (bicyclic) bond motifs is 2. The van der Waals surface area contributed by atoms with Gasteiger partial charge in [-0.05, 0) is 64.3 Å². The van der Waals surface area contributed by atoms with Crippen molar-refractivity contribution in [2.45, 2.75) is 24.8 Å². The van der Waals surface area contributed by atoms with Gasteiger partial charge in [0, 0.05) is 6.07 Å². The number of halogens is 1. The third-order valence-electron chi connectivity index (χ3n) is 6.20. The average molecular weight is 536 g/mol. The molecule has 1 aliphatic carbocycles. The van der Waals surface area contributed by atoms with Crippen LogP contribution < -0.4 is 9.47 Å². The minimum Gasteiger partial charge on any atom is -0.497 e. The number of aromatic nitrogens is 3. The highest BCUT2D eigenvalue weighted by molar-refractivity contribution is 14.1. The van der Waals surface area contributed by atoms with E-state index in [-0.39, 0.29) is 0 Å². The summed E-state index contributed by atoms with van der Waals surface area (Å²) in [7, 11) is 3.29. The maximum Gasteiger partial charge on any atom is 0.149 e. The molecule has 1 atom stereocenters. The predicted molar refractivity (Wildman–Crippen MR) is 130 cm³/mol. The lowest BCUT2D eigenvalue weighted by Crippen LogP contribution is -2.25. The Morgan fingerprint density at radius 2 is 1.91 bits per heavy atom. The first-order valence-electron chi connectivity index (χ1n) is 10.3. The third-order valence-corrected chi connectivity index (χ3v) is 6.93. The summed E-state index contributed by atoms with van der Waals surface area (Å²) in [6, 6.07) is 20.6. The zero-order valence-corrected chi connectivity index (χ0v) is 20.0. The van der Waals surface area contributed by atoms with Crippen molar-refractivity contribution in [1.82, 2.24) is 14.8 Å². The van der Waals surface area contributed by atoms with E-state index in [9.17, 15) is 5.26 Å². The van der Waals surface area contributed by atoms with E-state index in [4.69, 9.17) is 19.6 Å². The van der Waals surface area contributed by atoms with Crippen molar-refractivity contribution in [1.29, 1.82) is 5.26 Å². The van der Waals surface area contributed by atoms with Crippen molar-refractivity contribution in [3.8, 4) is 17.6 Å². The molecule has 0 bridgehead atoms. The number of nitrogens with zero attached hydrogens (tertiary/aromatic N) is 4. The number of methoxy groups -OCH3 is 2. The fourth-order valence-electron chi connectivity index (χ4n) is 4.55. The highest BCUT2D eigenvalue weighted by atomic mass is 127. The summed E-state index contributed by atoms with van der Waals surface area (Å²) in [6.07, 6.45) is 1.54. The topological polar surface area (TPSA) is 73.0 Å². The summed E-state index contributed by atoms with van der Waals surface area (Å²) in [5.74, 6) is 1.43. The number of aryl methyl sites for hydroxylation is 1. The first-order chi connectivity index (χ1) is 15.6. The SMILES string of the molecule is COc1ccc(Cn2nc(I)c3nc(C4(C#N)CCc5ccccc54)c(OC)cc32)cc1. The van der Waals surface area contributed by atoms with Crippen LogP contribution in [0.2, 0.25) is 0 Å². The van der Waals surface area contributed by atoms with Gasteiger partial charge in [0.25, 0.3) is 0 Å². The monoisotopic (exact) mass is 536 g/mol. The van der Waals surface area contributed by atoms with Crippen molar-refractivity contribution in [2.75, 3.05) is 14.2 Å². The smallest absolute Gasteiger partial charge is 0.149 e. The van der Waals surface area contributed by atoms with Crippen LogP contribution in [0.5, 0.6) is 11.5 Å². The van der Waals surface area contributed by atoms with Gasteiger partial charge in [-0.3, -0.25) is 4.68 Å². The maximum atomic E-state index is 10.3. The molecule has 160 valence electrons. The van der Waals surface area contributed by atoms with Gasteiger partial charge in [0.2, 0.25) is 0 Å². The van der Waals surface area contributed by atoms with E-state index in [0.29, 0.717) is 24.4 Å². The van der Waals surface area contributed by atoms with E-state index >= 15 is 0 Å². The molecule has 6 nitrogen and oxygen atoms in total. The van der Waals surface area contributed by atoms with Crippen molar-refractivity contribution in [3.63, 3.8) is 0 Å². The van der Waals surface area contributed by atoms with Crippen LogP contribution in [0.15, 0.2) is 54.6 Å². The molecule has 32 heavy (non-hydrogen) atoms. The summed E-state index contributed by atoms with van der Waals surface area (Å²) in [5, 5.41) is 15.1. The molecule has 0 spiro atoms. The van der Waals surface area contributed by atoms with Gasteiger partial charge in [-0.25, -0.2) is 4.98 Å². The van der Waals surface area contributed by atoms with E-state index in [2.05, 4.69) is 34.7 Å². The van der Waals surface area contributed by atoms with Crippen molar-refractivity contribution < 1.29 is 9.47 Å². The molecule has 1 unspecified atom stereocenters. The van der Waals surface area contributed by atoms with E-state index < -0.39 is 5.41 Å². The second kappa shape index (κ2) is 8.10. The molecule has 0 N–H and O–H groups in total. The van der Waals surface area contributed by atoms with Crippen LogP contribution in [0, 0.1) is 15.0 Å². The molecule has 1 aliphatic rings. The van der Waals surface area contributed by atoms with Crippen LogP contribution in [0.25, 0.3) is 11.0 Å². The Morgan fingerprint density at radius 1 is 1.12 bits per heavy atom. The quantitative estimate of drug-likeness (QED) is 0.341. The molecule has 0 saturated heterocycles. The molecule has 0 amide bonds. The minimum atomic E-state index is -0.822. The molecule has 7 heteroatoms. The van der Waals surface area contributed by atoms with Crippen molar-refractivity contribution in [2.24, 2.45) is 0 Å². The van der Waals surface area contributed by atoms with Gasteiger partial charge in [0.15, 0.2) is 0 Å². The number of nitriles is 1. The lowest BCUT2D eigenvalue weighted by Gasteiger charge is -2.24. The summed E-state index contributed by atoms with van der Waals surface area (Å²) in [4.78, 5) is 5.00. The molecular weight excluding hydrogens is 515 g/mol. The van der Waals surface area contributed by atoms with E-state index in [0.717, 1.165) is 38.0 Å². The largest absolute Gasteiger partial charge is 0.497 e. The second-order valence-corrected chi connectivity index (χ2v) is 8.90. The molecule has 0 fully saturated rings. The van der Waals surface area contributed by atoms with Gasteiger partial charge in [-0.2, -0.15) is 10.4 Å². The lowest BCUT2D eigenvalue weighted by atomic mass is 9.79. The molecule has 2 aromatic carbocycles. The van der Waals surface area contributed by atoms with Gasteiger partial charge >= 0.3 is 0 Å². The number of rotatable bonds is 5. The Balaban J connectivity index is 1.64. The summed E-state index contributed by atoms with van der Waals surface area (Å²) in [5.41, 5.74) is 4.84. The van der Waals surface area contributed by atoms with Gasteiger partial charge in [-0.1, -0.05) is 36.4 Å². The second-order valence-electron chi connectivity index (χ2n) is 7.88. The zero-order chi connectivity index (χ0) is 22.3. The Hall–Kier alpha value is -3.12. The summed E-state index contributed by atoms with van der Waals surface area (Å²) >= 11 is 2.22. The average Bonchev–Trinajstić information content (AvgIpc) is 3.36. The molecule has 0 saturated carbocycles. The van der Waals surface area contributed by atoms with Crippen LogP contribution >= 0.6 is 22.6 Å². The Kier molecular flexibility index (Phi) is 5.25. The number of ether oxygens (including phenoxy) is 2. The molecule has 4 aromatic rings. The number of benzene rings is 2. The van der Waals surface area contributed by atoms with Crippen LogP contribution in [-0.2, 0) is 18.4 Å². The third kappa shape index (κ3) is 3.21. The normalized spacial score (nSPS) is 17.2. The minimum absolute atomic E-state index is 0.597. The van der Waals surface area contributed by atoms with Crippen LogP contribution in [0.4, 0.5) is 0 Å². The molecular formula is C25H21IN4O2. The lowest BCUT2D eigenvalue weighted by molar-refractivity contribution is 0.399. The summed E-state index contributed by atoms with van der Waals surface area (Å²) < 4.78 is 13.8. The first-order valence-corrected chi connectivity index (χ1v) is 11.4. The van der Waals surface area contributed by atoms with Gasteiger partial charge in [0.05, 0.1) is 32.4 Å². The van der Waals surface area contributed by atoms with E-state index in [1.807, 2.05) is 53.2 Å². The Morgan fingerprint density at radius 3 is 2.62 bits per heavy atom. The standard InChI is InChI=1S/C25H21IN4O2/c1-31-18-9-7-16(8-10-18)14-30-20-13-21(32-2)23(28-22(20)24(26)29-30)25(15-27)12-11-17-5-3-4-6-19(17)25/h3-10,13H,11-12,14H2,1-2H3. The molecule has 0 aliphatic heterocycles. The maximum absolute atomic E-state index is 10.3. The fraction of sp³-hybridized carbons (Fsp3) is 0.240. The molecule has 0 radical (unpaired) electrons. The van der Waals surface area contributed by atoms with Gasteiger partial charge in [0.1, 0.15) is 31.8 Å². The Labute approximate surface area is 199 Å². The van der Waals surface area contributed by atoms with Crippen LogP contribution in [0.3, 0.4) is 0 Å². The van der Waals surface area contributed by atoms with Gasteiger partial charge < -0.3 is 9.47 Å². The highest BCUT2D eigenvalue weighted by Gasteiger charge is 2.44. The van der Waals surface area contributed by atoms with E-state index in [1.165, 1.54) is 5.56 Å². The predicted octanol–water partition coefficient (Wildman–Crippen LogP) is 4.86. The zero-order valence-electron chi connectivity index (χ0n) is 17.8. The fourth-order valence-corrected chi connectivity index (χ4v) is 5.21. The molecule has 2 aromatic heterocycles. The number of pyridine rings is 1. The van der Waals surface area contributed by atoms with E-state index in [1.54, 1.807) is 14.2 Å². The first kappa shape index (κ1) is 20.8. The number of hydrogen-bond donors (Lipinski definition) is 0.